The Morgan fingerprint density at radius 1 is 1.30 bits per heavy atom. The number of esters is 1. The predicted molar refractivity (Wildman–Crippen MR) is 79.5 cm³/mol. The van der Waals surface area contributed by atoms with Gasteiger partial charge in [-0.05, 0) is 31.0 Å². The molecule has 20 heavy (non-hydrogen) atoms. The highest BCUT2D eigenvalue weighted by atomic mass is 32.1. The van der Waals surface area contributed by atoms with E-state index < -0.39 is 5.97 Å². The summed E-state index contributed by atoms with van der Waals surface area (Å²) in [5.74, 6) is -0.743. The lowest BCUT2D eigenvalue weighted by atomic mass is 10.0. The van der Waals surface area contributed by atoms with Gasteiger partial charge in [0.2, 0.25) is 0 Å². The second-order valence-electron chi connectivity index (χ2n) is 4.22. The van der Waals surface area contributed by atoms with Crippen molar-refractivity contribution in [2.24, 2.45) is 0 Å². The number of nitrogens with two attached hydrogens (primary N) is 1. The van der Waals surface area contributed by atoms with Crippen molar-refractivity contribution in [2.75, 3.05) is 12.3 Å². The smallest absolute Gasteiger partial charge is 0.341 e. The summed E-state index contributed by atoms with van der Waals surface area (Å²) in [6, 6.07) is 6.05. The number of hydrogen-bond acceptors (Lipinski definition) is 4. The van der Waals surface area contributed by atoms with Crippen LogP contribution in [0, 0.1) is 5.82 Å². The average Bonchev–Trinajstić information content (AvgIpc) is 2.76. The molecule has 1 heterocycles. The minimum absolute atomic E-state index is 0.290. The summed E-state index contributed by atoms with van der Waals surface area (Å²) >= 11 is 1.38. The molecule has 5 heteroatoms. The summed E-state index contributed by atoms with van der Waals surface area (Å²) in [6.07, 6.45) is 0.751. The summed E-state index contributed by atoms with van der Waals surface area (Å²) in [4.78, 5) is 13.1. The third-order valence-electron chi connectivity index (χ3n) is 2.94. The number of carbonyl (C=O) groups is 1. The highest BCUT2D eigenvalue weighted by Gasteiger charge is 2.23. The molecule has 0 aliphatic carbocycles. The van der Waals surface area contributed by atoms with E-state index in [2.05, 4.69) is 0 Å². The first kappa shape index (κ1) is 14.5. The number of nitrogen functional groups attached to an aromatic ring is 1. The molecule has 0 spiro atoms. The topological polar surface area (TPSA) is 52.3 Å². The van der Waals surface area contributed by atoms with Gasteiger partial charge in [0, 0.05) is 10.4 Å². The molecule has 0 bridgehead atoms. The first-order chi connectivity index (χ1) is 9.58. The van der Waals surface area contributed by atoms with Crippen molar-refractivity contribution < 1.29 is 13.9 Å². The van der Waals surface area contributed by atoms with Crippen molar-refractivity contribution >= 4 is 22.3 Å². The van der Waals surface area contributed by atoms with Crippen LogP contribution < -0.4 is 5.73 Å². The monoisotopic (exact) mass is 293 g/mol. The summed E-state index contributed by atoms with van der Waals surface area (Å²) in [6.45, 7) is 4.03. The van der Waals surface area contributed by atoms with Gasteiger partial charge in [-0.1, -0.05) is 19.1 Å². The van der Waals surface area contributed by atoms with E-state index in [1.54, 1.807) is 19.1 Å². The van der Waals surface area contributed by atoms with E-state index in [1.165, 1.54) is 23.5 Å². The van der Waals surface area contributed by atoms with Gasteiger partial charge in [0.25, 0.3) is 0 Å². The van der Waals surface area contributed by atoms with Crippen LogP contribution in [-0.2, 0) is 11.2 Å². The number of halogens is 1. The maximum atomic E-state index is 13.1. The largest absolute Gasteiger partial charge is 0.462 e. The van der Waals surface area contributed by atoms with Crippen LogP contribution in [-0.4, -0.2) is 12.6 Å². The molecule has 0 radical (unpaired) electrons. The maximum Gasteiger partial charge on any atom is 0.341 e. The van der Waals surface area contributed by atoms with Crippen molar-refractivity contribution in [1.29, 1.82) is 0 Å². The molecule has 0 unspecified atom stereocenters. The lowest BCUT2D eigenvalue weighted by Crippen LogP contribution is -2.07. The molecule has 3 nitrogen and oxygen atoms in total. The number of benzene rings is 1. The zero-order valence-electron chi connectivity index (χ0n) is 11.4. The first-order valence-electron chi connectivity index (χ1n) is 6.42. The molecule has 0 saturated carbocycles. The third kappa shape index (κ3) is 2.67. The lowest BCUT2D eigenvalue weighted by molar-refractivity contribution is 0.0529. The predicted octanol–water partition coefficient (Wildman–Crippen LogP) is 3.88. The van der Waals surface area contributed by atoms with E-state index >= 15 is 0 Å². The minimum atomic E-state index is -0.430. The second kappa shape index (κ2) is 6.05. The average molecular weight is 293 g/mol. The fourth-order valence-corrected chi connectivity index (χ4v) is 3.09. The van der Waals surface area contributed by atoms with Gasteiger partial charge in [-0.15, -0.1) is 11.3 Å². The fourth-order valence-electron chi connectivity index (χ4n) is 2.07. The Morgan fingerprint density at radius 2 is 1.95 bits per heavy atom. The number of anilines is 1. The Morgan fingerprint density at radius 3 is 2.50 bits per heavy atom. The van der Waals surface area contributed by atoms with Crippen molar-refractivity contribution in [2.45, 2.75) is 20.3 Å². The van der Waals surface area contributed by atoms with Crippen molar-refractivity contribution in [3.05, 3.63) is 40.5 Å². The molecule has 0 saturated heterocycles. The molecule has 2 rings (SSSR count). The number of hydrogen-bond donors (Lipinski definition) is 1. The number of thiophene rings is 1. The van der Waals surface area contributed by atoms with Gasteiger partial charge in [-0.25, -0.2) is 9.18 Å². The van der Waals surface area contributed by atoms with E-state index in [-0.39, 0.29) is 5.82 Å². The van der Waals surface area contributed by atoms with E-state index in [0.29, 0.717) is 17.2 Å². The Balaban J connectivity index is 2.60. The molecule has 0 atom stereocenters. The number of ether oxygens (including phenoxy) is 1. The van der Waals surface area contributed by atoms with E-state index in [4.69, 9.17) is 10.5 Å². The van der Waals surface area contributed by atoms with Crippen LogP contribution in [0.5, 0.6) is 0 Å². The number of rotatable bonds is 4. The van der Waals surface area contributed by atoms with Gasteiger partial charge in [-0.3, -0.25) is 0 Å². The normalized spacial score (nSPS) is 10.6. The Bertz CT molecular complexity index is 620. The van der Waals surface area contributed by atoms with E-state index in [9.17, 15) is 9.18 Å². The van der Waals surface area contributed by atoms with Gasteiger partial charge in [-0.2, -0.15) is 0 Å². The van der Waals surface area contributed by atoms with Crippen molar-refractivity contribution in [1.82, 2.24) is 0 Å². The summed E-state index contributed by atoms with van der Waals surface area (Å²) in [5, 5.41) is 0.444. The van der Waals surface area contributed by atoms with Crippen LogP contribution in [0.25, 0.3) is 11.1 Å². The lowest BCUT2D eigenvalue weighted by Gasteiger charge is -2.07. The second-order valence-corrected chi connectivity index (χ2v) is 5.36. The van der Waals surface area contributed by atoms with Crippen molar-refractivity contribution in [3.8, 4) is 11.1 Å². The molecule has 0 amide bonds. The van der Waals surface area contributed by atoms with Gasteiger partial charge < -0.3 is 10.5 Å². The molecular weight excluding hydrogens is 277 g/mol. The number of carbonyl (C=O) groups excluding carboxylic acids is 1. The Hall–Kier alpha value is -1.88. The van der Waals surface area contributed by atoms with E-state index in [1.807, 2.05) is 6.92 Å². The fraction of sp³-hybridized carbons (Fsp3) is 0.267. The zero-order chi connectivity index (χ0) is 14.7. The third-order valence-corrected chi connectivity index (χ3v) is 4.11. The van der Waals surface area contributed by atoms with E-state index in [0.717, 1.165) is 22.4 Å². The minimum Gasteiger partial charge on any atom is -0.462 e. The van der Waals surface area contributed by atoms with Crippen LogP contribution in [0.2, 0.25) is 0 Å². The van der Waals surface area contributed by atoms with Gasteiger partial charge >= 0.3 is 5.97 Å². The van der Waals surface area contributed by atoms with Crippen molar-refractivity contribution in [3.63, 3.8) is 0 Å². The summed E-state index contributed by atoms with van der Waals surface area (Å²) in [7, 11) is 0. The molecule has 1 aromatic carbocycles. The highest BCUT2D eigenvalue weighted by molar-refractivity contribution is 7.17. The van der Waals surface area contributed by atoms with Gasteiger partial charge in [0.05, 0.1) is 6.61 Å². The molecule has 0 aliphatic rings. The number of aryl methyl sites for hydroxylation is 1. The first-order valence-corrected chi connectivity index (χ1v) is 7.24. The van der Waals surface area contributed by atoms with Crippen LogP contribution in [0.15, 0.2) is 24.3 Å². The molecule has 0 aliphatic heterocycles. The van der Waals surface area contributed by atoms with Gasteiger partial charge in [0.1, 0.15) is 16.4 Å². The SMILES string of the molecule is CCOC(=O)c1c(N)sc(CC)c1-c1ccc(F)cc1. The summed E-state index contributed by atoms with van der Waals surface area (Å²) in [5.41, 5.74) is 7.88. The van der Waals surface area contributed by atoms with Crippen LogP contribution in [0.3, 0.4) is 0 Å². The molecule has 106 valence electrons. The molecule has 2 N–H and O–H groups in total. The zero-order valence-corrected chi connectivity index (χ0v) is 12.2. The molecule has 0 fully saturated rings. The standard InChI is InChI=1S/C15H16FNO2S/c1-3-11-12(9-5-7-10(16)8-6-9)13(14(17)20-11)15(18)19-4-2/h5-8H,3-4,17H2,1-2H3. The Kier molecular flexibility index (Phi) is 4.39. The molecule has 1 aromatic heterocycles. The maximum absolute atomic E-state index is 13.1. The van der Waals surface area contributed by atoms with Crippen LogP contribution in [0.4, 0.5) is 9.39 Å². The molecular formula is C15H16FNO2S. The van der Waals surface area contributed by atoms with Crippen LogP contribution >= 0.6 is 11.3 Å². The summed E-state index contributed by atoms with van der Waals surface area (Å²) < 4.78 is 18.1. The quantitative estimate of drug-likeness (QED) is 0.870. The highest BCUT2D eigenvalue weighted by Crippen LogP contribution is 2.39. The van der Waals surface area contributed by atoms with Gasteiger partial charge in [0.15, 0.2) is 0 Å². The van der Waals surface area contributed by atoms with Crippen LogP contribution in [0.1, 0.15) is 29.1 Å². The Labute approximate surface area is 121 Å². The molecule has 2 aromatic rings.